The van der Waals surface area contributed by atoms with Crippen LogP contribution in [-0.4, -0.2) is 33.5 Å². The molecule has 0 radical (unpaired) electrons. The van der Waals surface area contributed by atoms with Crippen LogP contribution < -0.4 is 0 Å². The molecular formula is C24H40O4. The van der Waals surface area contributed by atoms with Crippen LogP contribution in [0.15, 0.2) is 0 Å². The summed E-state index contributed by atoms with van der Waals surface area (Å²) in [6.45, 7) is 6.99. The molecule has 0 aromatic carbocycles. The number of aliphatic hydroxyl groups excluding tert-OH is 2. The number of aliphatic hydroxyl groups is 2. The van der Waals surface area contributed by atoms with E-state index in [0.717, 1.165) is 38.5 Å². The van der Waals surface area contributed by atoms with Gasteiger partial charge in [0.2, 0.25) is 0 Å². The van der Waals surface area contributed by atoms with Gasteiger partial charge in [-0.15, -0.1) is 0 Å². The fourth-order valence-corrected chi connectivity index (χ4v) is 8.71. The lowest BCUT2D eigenvalue weighted by Gasteiger charge is -2.62. The Morgan fingerprint density at radius 1 is 1.04 bits per heavy atom. The van der Waals surface area contributed by atoms with Gasteiger partial charge >= 0.3 is 5.97 Å². The van der Waals surface area contributed by atoms with Gasteiger partial charge < -0.3 is 15.3 Å². The van der Waals surface area contributed by atoms with Gasteiger partial charge in [-0.2, -0.15) is 0 Å². The molecular weight excluding hydrogens is 352 g/mol. The zero-order valence-corrected chi connectivity index (χ0v) is 17.9. The zero-order chi connectivity index (χ0) is 20.3. The van der Waals surface area contributed by atoms with Crippen molar-refractivity contribution in [3.8, 4) is 0 Å². The first-order valence-corrected chi connectivity index (χ1v) is 11.8. The molecule has 0 aliphatic heterocycles. The molecule has 0 amide bonds. The van der Waals surface area contributed by atoms with Gasteiger partial charge in [0.1, 0.15) is 0 Å². The Labute approximate surface area is 170 Å². The molecule has 0 aromatic heterocycles. The molecule has 28 heavy (non-hydrogen) atoms. The molecule has 4 rings (SSSR count). The molecule has 4 saturated carbocycles. The topological polar surface area (TPSA) is 77.8 Å². The third-order valence-corrected chi connectivity index (χ3v) is 10.3. The molecule has 4 aliphatic carbocycles. The van der Waals surface area contributed by atoms with E-state index in [9.17, 15) is 15.0 Å². The van der Waals surface area contributed by atoms with Crippen molar-refractivity contribution in [2.75, 3.05) is 0 Å². The molecule has 0 saturated heterocycles. The SMILES string of the molecule is C[C@H](CCC(=O)O)[C@H]1CC[C@H]2[C@@H]3CC[C@@H]4C[C@@H](O)CC[C@]4(C)[C@H]3C[C@@H](O)[C@]12C. The summed E-state index contributed by atoms with van der Waals surface area (Å²) in [7, 11) is 0. The Kier molecular flexibility index (Phi) is 5.36. The van der Waals surface area contributed by atoms with Gasteiger partial charge in [0, 0.05) is 6.42 Å². The van der Waals surface area contributed by atoms with Gasteiger partial charge in [0.15, 0.2) is 0 Å². The predicted molar refractivity (Wildman–Crippen MR) is 109 cm³/mol. The summed E-state index contributed by atoms with van der Waals surface area (Å²) in [4.78, 5) is 11.1. The fourth-order valence-electron chi connectivity index (χ4n) is 8.71. The zero-order valence-electron chi connectivity index (χ0n) is 17.9. The Morgan fingerprint density at radius 3 is 2.50 bits per heavy atom. The number of carboxylic acids is 1. The maximum Gasteiger partial charge on any atom is 0.303 e. The smallest absolute Gasteiger partial charge is 0.303 e. The highest BCUT2D eigenvalue weighted by Gasteiger charge is 2.63. The van der Waals surface area contributed by atoms with Crippen molar-refractivity contribution >= 4 is 5.97 Å². The van der Waals surface area contributed by atoms with Crippen molar-refractivity contribution in [3.05, 3.63) is 0 Å². The van der Waals surface area contributed by atoms with Crippen molar-refractivity contribution in [1.29, 1.82) is 0 Å². The van der Waals surface area contributed by atoms with Gasteiger partial charge in [0.05, 0.1) is 12.2 Å². The van der Waals surface area contributed by atoms with Crippen molar-refractivity contribution in [2.45, 2.75) is 97.2 Å². The number of carbonyl (C=O) groups is 1. The molecule has 4 aliphatic rings. The van der Waals surface area contributed by atoms with Crippen LogP contribution in [0.5, 0.6) is 0 Å². The molecule has 3 N–H and O–H groups in total. The summed E-state index contributed by atoms with van der Waals surface area (Å²) >= 11 is 0. The van der Waals surface area contributed by atoms with Crippen LogP contribution >= 0.6 is 0 Å². The fraction of sp³-hybridized carbons (Fsp3) is 0.958. The maximum atomic E-state index is 11.5. The van der Waals surface area contributed by atoms with E-state index in [4.69, 9.17) is 5.11 Å². The molecule has 0 heterocycles. The minimum atomic E-state index is -0.707. The first-order valence-electron chi connectivity index (χ1n) is 11.8. The van der Waals surface area contributed by atoms with E-state index in [1.807, 2.05) is 0 Å². The third kappa shape index (κ3) is 3.05. The third-order valence-electron chi connectivity index (χ3n) is 10.3. The molecule has 10 atom stereocenters. The summed E-state index contributed by atoms with van der Waals surface area (Å²) in [6.07, 6.45) is 9.26. The summed E-state index contributed by atoms with van der Waals surface area (Å²) < 4.78 is 0. The average molecular weight is 393 g/mol. The van der Waals surface area contributed by atoms with E-state index in [0.29, 0.717) is 35.5 Å². The van der Waals surface area contributed by atoms with Gasteiger partial charge in [-0.25, -0.2) is 0 Å². The lowest BCUT2D eigenvalue weighted by Crippen LogP contribution is -2.58. The number of fused-ring (bicyclic) bond motifs is 5. The van der Waals surface area contributed by atoms with Crippen LogP contribution in [0.3, 0.4) is 0 Å². The van der Waals surface area contributed by atoms with Crippen LogP contribution in [0, 0.1) is 46.3 Å². The van der Waals surface area contributed by atoms with Crippen LogP contribution in [0.25, 0.3) is 0 Å². The predicted octanol–water partition coefficient (Wildman–Crippen LogP) is 4.48. The van der Waals surface area contributed by atoms with Crippen molar-refractivity contribution in [2.24, 2.45) is 46.3 Å². The number of hydrogen-bond donors (Lipinski definition) is 3. The lowest BCUT2D eigenvalue weighted by atomic mass is 9.43. The highest BCUT2D eigenvalue weighted by atomic mass is 16.4. The van der Waals surface area contributed by atoms with Gasteiger partial charge in [-0.1, -0.05) is 20.8 Å². The van der Waals surface area contributed by atoms with Crippen molar-refractivity contribution in [3.63, 3.8) is 0 Å². The summed E-state index contributed by atoms with van der Waals surface area (Å²) in [5.41, 5.74) is 0.216. The van der Waals surface area contributed by atoms with Crippen molar-refractivity contribution < 1.29 is 20.1 Å². The summed E-state index contributed by atoms with van der Waals surface area (Å²) in [6, 6.07) is 0. The molecule has 4 fully saturated rings. The van der Waals surface area contributed by atoms with Crippen LogP contribution in [0.4, 0.5) is 0 Å². The quantitative estimate of drug-likeness (QED) is 0.659. The summed E-state index contributed by atoms with van der Waals surface area (Å²) in [5.74, 6) is 2.55. The second kappa shape index (κ2) is 7.27. The van der Waals surface area contributed by atoms with Gasteiger partial charge in [-0.3, -0.25) is 4.79 Å². The molecule has 4 heteroatoms. The molecule has 0 unspecified atom stereocenters. The van der Waals surface area contributed by atoms with Gasteiger partial charge in [-0.05, 0) is 104 Å². The first-order chi connectivity index (χ1) is 13.2. The molecule has 0 aromatic rings. The highest BCUT2D eigenvalue weighted by Crippen LogP contribution is 2.68. The lowest BCUT2D eigenvalue weighted by molar-refractivity contribution is -0.175. The van der Waals surface area contributed by atoms with Crippen LogP contribution in [-0.2, 0) is 4.79 Å². The van der Waals surface area contributed by atoms with E-state index < -0.39 is 5.97 Å². The summed E-state index contributed by atoms with van der Waals surface area (Å²) in [5, 5.41) is 30.8. The number of rotatable bonds is 4. The molecule has 4 nitrogen and oxygen atoms in total. The van der Waals surface area contributed by atoms with Crippen LogP contribution in [0.2, 0.25) is 0 Å². The minimum Gasteiger partial charge on any atom is -0.481 e. The number of carboxylic acid groups (broad SMARTS) is 1. The maximum absolute atomic E-state index is 11.5. The minimum absolute atomic E-state index is 0.0591. The normalized spacial score (nSPS) is 51.7. The first kappa shape index (κ1) is 20.7. The Balaban J connectivity index is 1.56. The Hall–Kier alpha value is -0.610. The monoisotopic (exact) mass is 392 g/mol. The standard InChI is InChI=1S/C24H40O4/c1-14(4-9-22(27)28)18-7-8-19-17-6-5-15-12-16(25)10-11-23(15,2)20(17)13-21(26)24(18,19)3/h14-21,25-26H,4-13H2,1-3H3,(H,27,28)/t14-,15-,16+,17+,18-,19+,20+,21-,23+,24-/m1/s1. The van der Waals surface area contributed by atoms with E-state index in [2.05, 4.69) is 20.8 Å². The van der Waals surface area contributed by atoms with E-state index in [1.54, 1.807) is 0 Å². The second-order valence-electron chi connectivity index (χ2n) is 11.3. The largest absolute Gasteiger partial charge is 0.481 e. The van der Waals surface area contributed by atoms with Gasteiger partial charge in [0.25, 0.3) is 0 Å². The Bertz CT molecular complexity index is 605. The Morgan fingerprint density at radius 2 is 1.79 bits per heavy atom. The van der Waals surface area contributed by atoms with Crippen LogP contribution in [0.1, 0.15) is 85.0 Å². The van der Waals surface area contributed by atoms with E-state index in [-0.39, 0.29) is 29.5 Å². The number of aliphatic carboxylic acids is 1. The van der Waals surface area contributed by atoms with E-state index >= 15 is 0 Å². The average Bonchev–Trinajstić information content (AvgIpc) is 3.00. The number of hydrogen-bond acceptors (Lipinski definition) is 3. The highest BCUT2D eigenvalue weighted by molar-refractivity contribution is 5.66. The molecule has 0 spiro atoms. The second-order valence-corrected chi connectivity index (χ2v) is 11.3. The molecule has 0 bridgehead atoms. The van der Waals surface area contributed by atoms with E-state index in [1.165, 1.54) is 19.3 Å². The molecule has 160 valence electrons. The van der Waals surface area contributed by atoms with Crippen molar-refractivity contribution in [1.82, 2.24) is 0 Å².